The van der Waals surface area contributed by atoms with E-state index < -0.39 is 0 Å². The second-order valence-electron chi connectivity index (χ2n) is 9.72. The Morgan fingerprint density at radius 3 is 2.20 bits per heavy atom. The fraction of sp³-hybridized carbons (Fsp3) is 0.905. The third-order valence-electron chi connectivity index (χ3n) is 7.86. The van der Waals surface area contributed by atoms with Crippen LogP contribution in [0.4, 0.5) is 0 Å². The zero-order valence-electron chi connectivity index (χ0n) is 15.8. The first-order valence-corrected chi connectivity index (χ1v) is 10.4. The monoisotopic (exact) mass is 347 g/mol. The Kier molecular flexibility index (Phi) is 4.57. The molecule has 0 aromatic heterocycles. The van der Waals surface area contributed by atoms with Crippen LogP contribution in [0.2, 0.25) is 0 Å². The first-order chi connectivity index (χ1) is 11.9. The van der Waals surface area contributed by atoms with Crippen LogP contribution in [0.5, 0.6) is 0 Å². The molecule has 5 saturated carbocycles. The van der Waals surface area contributed by atoms with Crippen molar-refractivity contribution in [3.63, 3.8) is 0 Å². The number of carbonyl (C=O) groups is 2. The molecule has 5 aliphatic rings. The molecule has 140 valence electrons. The van der Waals surface area contributed by atoms with Gasteiger partial charge in [0.15, 0.2) is 6.61 Å². The molecule has 5 fully saturated rings. The molecule has 1 amide bonds. The Morgan fingerprint density at radius 1 is 1.00 bits per heavy atom. The minimum absolute atomic E-state index is 0.0909. The van der Waals surface area contributed by atoms with Crippen molar-refractivity contribution in [1.29, 1.82) is 0 Å². The van der Waals surface area contributed by atoms with Crippen LogP contribution in [0.15, 0.2) is 0 Å². The number of esters is 1. The van der Waals surface area contributed by atoms with Gasteiger partial charge in [-0.3, -0.25) is 9.59 Å². The summed E-state index contributed by atoms with van der Waals surface area (Å²) in [6.45, 7) is 4.38. The molecule has 0 radical (unpaired) electrons. The number of amides is 1. The maximum absolute atomic E-state index is 12.8. The maximum atomic E-state index is 12.8. The van der Waals surface area contributed by atoms with Gasteiger partial charge in [0.2, 0.25) is 0 Å². The van der Waals surface area contributed by atoms with E-state index >= 15 is 0 Å². The zero-order chi connectivity index (χ0) is 17.6. The lowest BCUT2D eigenvalue weighted by molar-refractivity contribution is -0.173. The lowest BCUT2D eigenvalue weighted by Gasteiger charge is -2.55. The normalized spacial score (nSPS) is 45.2. The van der Waals surface area contributed by atoms with Gasteiger partial charge in [-0.2, -0.15) is 0 Å². The summed E-state index contributed by atoms with van der Waals surface area (Å²) < 4.78 is 5.54. The highest BCUT2D eigenvalue weighted by molar-refractivity contribution is 5.83. The number of nitrogens with one attached hydrogen (secondary N) is 1. The summed E-state index contributed by atoms with van der Waals surface area (Å²) in [6.07, 6.45) is 10.4. The molecule has 0 spiro atoms. The van der Waals surface area contributed by atoms with Gasteiger partial charge in [0, 0.05) is 6.04 Å². The van der Waals surface area contributed by atoms with Crippen LogP contribution >= 0.6 is 0 Å². The second kappa shape index (κ2) is 6.59. The van der Waals surface area contributed by atoms with Gasteiger partial charge < -0.3 is 10.1 Å². The van der Waals surface area contributed by atoms with E-state index in [0.717, 1.165) is 43.4 Å². The van der Waals surface area contributed by atoms with E-state index in [2.05, 4.69) is 19.2 Å². The summed E-state index contributed by atoms with van der Waals surface area (Å²) in [6, 6.07) is 0.231. The Labute approximate surface area is 151 Å². The third kappa shape index (κ3) is 3.33. The van der Waals surface area contributed by atoms with Gasteiger partial charge in [0.25, 0.3) is 5.91 Å². The fourth-order valence-electron chi connectivity index (χ4n) is 6.68. The average molecular weight is 347 g/mol. The zero-order valence-corrected chi connectivity index (χ0v) is 15.8. The highest BCUT2D eigenvalue weighted by Crippen LogP contribution is 2.60. The number of rotatable bonds is 4. The van der Waals surface area contributed by atoms with Gasteiger partial charge in [-0.25, -0.2) is 0 Å². The largest absolute Gasteiger partial charge is 0.455 e. The van der Waals surface area contributed by atoms with Crippen LogP contribution < -0.4 is 5.32 Å². The fourth-order valence-corrected chi connectivity index (χ4v) is 6.68. The van der Waals surface area contributed by atoms with Crippen molar-refractivity contribution < 1.29 is 14.3 Å². The molecule has 4 bridgehead atoms. The van der Waals surface area contributed by atoms with E-state index in [1.807, 2.05) is 0 Å². The van der Waals surface area contributed by atoms with E-state index in [9.17, 15) is 9.59 Å². The van der Waals surface area contributed by atoms with E-state index in [1.165, 1.54) is 32.1 Å². The van der Waals surface area contributed by atoms with Crippen LogP contribution in [-0.2, 0) is 14.3 Å². The number of hydrogen-bond acceptors (Lipinski definition) is 3. The van der Waals surface area contributed by atoms with Crippen molar-refractivity contribution in [2.75, 3.05) is 6.61 Å². The first-order valence-electron chi connectivity index (χ1n) is 10.4. The molecule has 5 rings (SSSR count). The molecule has 3 atom stereocenters. The maximum Gasteiger partial charge on any atom is 0.312 e. The van der Waals surface area contributed by atoms with Crippen LogP contribution in [-0.4, -0.2) is 24.5 Å². The van der Waals surface area contributed by atoms with Crippen molar-refractivity contribution in [2.45, 2.75) is 77.7 Å². The van der Waals surface area contributed by atoms with Gasteiger partial charge in [-0.05, 0) is 74.5 Å². The molecule has 0 aromatic rings. The SMILES string of the molecule is C[C@@H]1[C@H](C)CCC[C@H]1NC(=O)COC(=O)C12CC3CC(CC(C3)C1)C2. The molecule has 1 N–H and O–H groups in total. The first kappa shape index (κ1) is 17.4. The quantitative estimate of drug-likeness (QED) is 0.789. The lowest BCUT2D eigenvalue weighted by atomic mass is 9.49. The van der Waals surface area contributed by atoms with Crippen LogP contribution in [0.25, 0.3) is 0 Å². The molecule has 4 nitrogen and oxygen atoms in total. The van der Waals surface area contributed by atoms with Crippen molar-refractivity contribution in [3.05, 3.63) is 0 Å². The third-order valence-corrected chi connectivity index (χ3v) is 7.86. The average Bonchev–Trinajstić information content (AvgIpc) is 2.55. The van der Waals surface area contributed by atoms with Crippen molar-refractivity contribution in [2.24, 2.45) is 35.0 Å². The number of hydrogen-bond donors (Lipinski definition) is 1. The minimum Gasteiger partial charge on any atom is -0.455 e. The molecule has 25 heavy (non-hydrogen) atoms. The number of ether oxygens (including phenoxy) is 1. The highest BCUT2D eigenvalue weighted by atomic mass is 16.5. The van der Waals surface area contributed by atoms with Crippen LogP contribution in [0, 0.1) is 35.0 Å². The molecule has 5 aliphatic carbocycles. The van der Waals surface area contributed by atoms with E-state index in [0.29, 0.717) is 11.8 Å². The molecule has 0 aromatic carbocycles. The summed E-state index contributed by atoms with van der Waals surface area (Å²) in [5, 5.41) is 3.11. The van der Waals surface area contributed by atoms with E-state index in [4.69, 9.17) is 4.74 Å². The summed E-state index contributed by atoms with van der Waals surface area (Å²) >= 11 is 0. The topological polar surface area (TPSA) is 55.4 Å². The van der Waals surface area contributed by atoms with E-state index in [1.54, 1.807) is 0 Å². The molecule has 0 unspecified atom stereocenters. The molecule has 0 aliphatic heterocycles. The standard InChI is InChI=1S/C21H33NO3/c1-13-4-3-5-18(14(13)2)22-19(23)12-25-20(24)21-9-15-6-16(10-21)8-17(7-15)11-21/h13-18H,3-12H2,1-2H3,(H,22,23)/t13-,14-,15?,16?,17?,18-,21?/m1/s1. The lowest BCUT2D eigenvalue weighted by Crippen LogP contribution is -2.51. The van der Waals surface area contributed by atoms with Gasteiger partial charge >= 0.3 is 5.97 Å². The summed E-state index contributed by atoms with van der Waals surface area (Å²) in [5.41, 5.74) is -0.262. The molecule has 4 heteroatoms. The van der Waals surface area contributed by atoms with Gasteiger partial charge in [0.1, 0.15) is 0 Å². The van der Waals surface area contributed by atoms with Gasteiger partial charge in [-0.15, -0.1) is 0 Å². The van der Waals surface area contributed by atoms with Crippen molar-refractivity contribution in [3.8, 4) is 0 Å². The van der Waals surface area contributed by atoms with Crippen molar-refractivity contribution in [1.82, 2.24) is 5.32 Å². The highest BCUT2D eigenvalue weighted by Gasteiger charge is 2.55. The van der Waals surface area contributed by atoms with E-state index in [-0.39, 0.29) is 29.9 Å². The van der Waals surface area contributed by atoms with Crippen LogP contribution in [0.1, 0.15) is 71.6 Å². The van der Waals surface area contributed by atoms with Gasteiger partial charge in [-0.1, -0.05) is 26.7 Å². The predicted molar refractivity (Wildman–Crippen MR) is 95.7 cm³/mol. The van der Waals surface area contributed by atoms with Gasteiger partial charge in [0.05, 0.1) is 5.41 Å². The Hall–Kier alpha value is -1.06. The molecular formula is C21H33NO3. The van der Waals surface area contributed by atoms with Crippen LogP contribution in [0.3, 0.4) is 0 Å². The molecule has 0 saturated heterocycles. The van der Waals surface area contributed by atoms with Crippen molar-refractivity contribution >= 4 is 11.9 Å². The second-order valence-corrected chi connectivity index (χ2v) is 9.72. The predicted octanol–water partition coefficient (Wildman–Crippen LogP) is 3.69. The summed E-state index contributed by atoms with van der Waals surface area (Å²) in [5.74, 6) is 3.09. The summed E-state index contributed by atoms with van der Waals surface area (Å²) in [7, 11) is 0. The molecule has 0 heterocycles. The Morgan fingerprint density at radius 2 is 1.60 bits per heavy atom. The summed E-state index contributed by atoms with van der Waals surface area (Å²) in [4.78, 5) is 25.1. The Balaban J connectivity index is 1.29. The smallest absolute Gasteiger partial charge is 0.312 e. The number of carbonyl (C=O) groups excluding carboxylic acids is 2. The Bertz CT molecular complexity index is 508. The molecular weight excluding hydrogens is 314 g/mol. The minimum atomic E-state index is -0.262.